The number of benzene rings is 2. The molecule has 3 aromatic rings. The maximum Gasteiger partial charge on any atom is 0.328 e. The minimum atomic E-state index is -4.09. The van der Waals surface area contributed by atoms with E-state index in [1.807, 2.05) is 44.2 Å². The third-order valence-corrected chi connectivity index (χ3v) is 10.0. The van der Waals surface area contributed by atoms with Crippen LogP contribution in [0.3, 0.4) is 0 Å². The highest BCUT2D eigenvalue weighted by Crippen LogP contribution is 2.23. The number of nitrogens with one attached hydrogen (secondary N) is 1. The van der Waals surface area contributed by atoms with Crippen LogP contribution >= 0.6 is 0 Å². The summed E-state index contributed by atoms with van der Waals surface area (Å²) >= 11 is 0. The Bertz CT molecular complexity index is 1700. The molecular formula is C35H44N6O7S. The fourth-order valence-electron chi connectivity index (χ4n) is 5.78. The average molecular weight is 693 g/mol. The van der Waals surface area contributed by atoms with Gasteiger partial charge in [0, 0.05) is 25.5 Å². The Kier molecular flexibility index (Phi) is 12.6. The lowest BCUT2D eigenvalue weighted by atomic mass is 9.97. The Hall–Kier alpha value is -4.66. The van der Waals surface area contributed by atoms with E-state index < -0.39 is 52.0 Å². The molecule has 49 heavy (non-hydrogen) atoms. The van der Waals surface area contributed by atoms with E-state index in [1.165, 1.54) is 39.7 Å². The first-order valence-corrected chi connectivity index (χ1v) is 17.6. The van der Waals surface area contributed by atoms with Crippen molar-refractivity contribution in [1.82, 2.24) is 24.4 Å². The SMILES string of the molecule is CC(C)CN(C[C@@H](O)[C@H](Cc1ccccc1)NC(=O)[C@H](C(C)C)N1CC(=O)N(Cc2ccncc2)C1=O)S(=O)(=O)c1ccc(C=NO)cc1. The van der Waals surface area contributed by atoms with Crippen LogP contribution in [0.4, 0.5) is 4.79 Å². The Balaban J connectivity index is 1.59. The molecule has 1 aromatic heterocycles. The Morgan fingerprint density at radius 1 is 0.980 bits per heavy atom. The van der Waals surface area contributed by atoms with Crippen molar-refractivity contribution in [2.75, 3.05) is 19.6 Å². The average Bonchev–Trinajstić information content (AvgIpc) is 3.33. The normalized spacial score (nSPS) is 15.8. The van der Waals surface area contributed by atoms with Crippen LogP contribution < -0.4 is 5.32 Å². The van der Waals surface area contributed by atoms with E-state index in [0.717, 1.165) is 10.5 Å². The highest BCUT2D eigenvalue weighted by molar-refractivity contribution is 7.89. The molecule has 4 rings (SSSR count). The first kappa shape index (κ1) is 37.2. The molecule has 262 valence electrons. The number of hydrogen-bond acceptors (Lipinski definition) is 9. The number of hydrogen-bond donors (Lipinski definition) is 3. The molecule has 0 aliphatic carbocycles. The molecule has 2 aromatic carbocycles. The summed E-state index contributed by atoms with van der Waals surface area (Å²) in [6.07, 6.45) is 3.13. The number of aromatic nitrogens is 1. The molecule has 0 saturated carbocycles. The molecule has 3 atom stereocenters. The van der Waals surface area contributed by atoms with Crippen LogP contribution in [0.5, 0.6) is 0 Å². The van der Waals surface area contributed by atoms with Crippen LogP contribution in [0.25, 0.3) is 0 Å². The predicted octanol–water partition coefficient (Wildman–Crippen LogP) is 3.11. The van der Waals surface area contributed by atoms with Gasteiger partial charge < -0.3 is 20.5 Å². The van der Waals surface area contributed by atoms with Gasteiger partial charge >= 0.3 is 6.03 Å². The molecule has 1 fully saturated rings. The van der Waals surface area contributed by atoms with E-state index in [1.54, 1.807) is 38.4 Å². The summed E-state index contributed by atoms with van der Waals surface area (Å²) in [5, 5.41) is 26.4. The minimum absolute atomic E-state index is 0.00695. The van der Waals surface area contributed by atoms with Crippen LogP contribution in [-0.2, 0) is 32.6 Å². The lowest BCUT2D eigenvalue weighted by Crippen LogP contribution is -2.57. The first-order valence-electron chi connectivity index (χ1n) is 16.1. The highest BCUT2D eigenvalue weighted by atomic mass is 32.2. The summed E-state index contributed by atoms with van der Waals surface area (Å²) in [5.41, 5.74) is 2.01. The van der Waals surface area contributed by atoms with Gasteiger partial charge in [-0.05, 0) is 59.2 Å². The van der Waals surface area contributed by atoms with Crippen molar-refractivity contribution in [1.29, 1.82) is 0 Å². The maximum absolute atomic E-state index is 14.0. The van der Waals surface area contributed by atoms with E-state index in [9.17, 15) is 27.9 Å². The monoisotopic (exact) mass is 692 g/mol. The zero-order valence-electron chi connectivity index (χ0n) is 28.1. The van der Waals surface area contributed by atoms with E-state index in [-0.39, 0.29) is 43.4 Å². The number of imide groups is 1. The number of aliphatic hydroxyl groups excluding tert-OH is 1. The van der Waals surface area contributed by atoms with Gasteiger partial charge in [-0.3, -0.25) is 19.5 Å². The van der Waals surface area contributed by atoms with Gasteiger partial charge in [-0.25, -0.2) is 13.2 Å². The summed E-state index contributed by atoms with van der Waals surface area (Å²) in [5.74, 6) is -1.50. The number of rotatable bonds is 16. The van der Waals surface area contributed by atoms with Crippen molar-refractivity contribution < 1.29 is 33.1 Å². The van der Waals surface area contributed by atoms with Crippen molar-refractivity contribution in [2.24, 2.45) is 17.0 Å². The molecule has 0 spiro atoms. The van der Waals surface area contributed by atoms with Crippen molar-refractivity contribution in [3.8, 4) is 0 Å². The van der Waals surface area contributed by atoms with Gasteiger partial charge in [0.25, 0.3) is 5.91 Å². The molecule has 4 amide bonds. The summed E-state index contributed by atoms with van der Waals surface area (Å²) in [4.78, 5) is 46.9. The number of aliphatic hydroxyl groups is 1. The van der Waals surface area contributed by atoms with Gasteiger partial charge in [0.05, 0.1) is 29.8 Å². The van der Waals surface area contributed by atoms with Crippen molar-refractivity contribution >= 4 is 34.1 Å². The van der Waals surface area contributed by atoms with Gasteiger partial charge in [0.1, 0.15) is 12.6 Å². The second-order valence-corrected chi connectivity index (χ2v) is 14.8. The zero-order chi connectivity index (χ0) is 35.7. The van der Waals surface area contributed by atoms with Crippen LogP contribution in [0, 0.1) is 11.8 Å². The maximum atomic E-state index is 14.0. The number of pyridine rings is 1. The number of oxime groups is 1. The second-order valence-electron chi connectivity index (χ2n) is 12.8. The third kappa shape index (κ3) is 9.49. The van der Waals surface area contributed by atoms with Crippen LogP contribution in [0.1, 0.15) is 44.4 Å². The van der Waals surface area contributed by atoms with Gasteiger partial charge in [0.15, 0.2) is 0 Å². The van der Waals surface area contributed by atoms with Gasteiger partial charge in [-0.1, -0.05) is 75.3 Å². The molecule has 14 heteroatoms. The molecule has 0 radical (unpaired) electrons. The number of urea groups is 1. The summed E-state index contributed by atoms with van der Waals surface area (Å²) in [6, 6.07) is 15.8. The summed E-state index contributed by atoms with van der Waals surface area (Å²) in [7, 11) is -4.09. The van der Waals surface area contributed by atoms with Crippen molar-refractivity contribution in [3.05, 3.63) is 95.8 Å². The highest BCUT2D eigenvalue weighted by Gasteiger charge is 2.44. The molecule has 1 aliphatic heterocycles. The third-order valence-electron chi connectivity index (χ3n) is 8.18. The van der Waals surface area contributed by atoms with Crippen molar-refractivity contribution in [2.45, 2.75) is 63.7 Å². The number of amides is 4. The molecule has 3 N–H and O–H groups in total. The molecular weight excluding hydrogens is 648 g/mol. The largest absolute Gasteiger partial charge is 0.411 e. The second kappa shape index (κ2) is 16.6. The first-order chi connectivity index (χ1) is 23.3. The minimum Gasteiger partial charge on any atom is -0.411 e. The lowest BCUT2D eigenvalue weighted by molar-refractivity contribution is -0.129. The van der Waals surface area contributed by atoms with Crippen LogP contribution in [0.2, 0.25) is 0 Å². The van der Waals surface area contributed by atoms with Gasteiger partial charge in [0.2, 0.25) is 15.9 Å². The zero-order valence-corrected chi connectivity index (χ0v) is 28.9. The van der Waals surface area contributed by atoms with E-state index in [0.29, 0.717) is 11.1 Å². The fraction of sp³-hybridized carbons (Fsp3) is 0.400. The quantitative estimate of drug-likeness (QED) is 0.0889. The Morgan fingerprint density at radius 2 is 1.63 bits per heavy atom. The molecule has 2 heterocycles. The number of carbonyl (C=O) groups excluding carboxylic acids is 3. The number of sulfonamides is 1. The Morgan fingerprint density at radius 3 is 2.22 bits per heavy atom. The topological polar surface area (TPSA) is 173 Å². The lowest BCUT2D eigenvalue weighted by Gasteiger charge is -2.34. The van der Waals surface area contributed by atoms with Crippen LogP contribution in [0.15, 0.2) is 89.2 Å². The summed E-state index contributed by atoms with van der Waals surface area (Å²) in [6.45, 7) is 6.78. The van der Waals surface area contributed by atoms with E-state index >= 15 is 0 Å². The number of carbonyl (C=O) groups is 3. The number of nitrogens with zero attached hydrogens (tertiary/aromatic N) is 5. The Labute approximate surface area is 287 Å². The van der Waals surface area contributed by atoms with Crippen LogP contribution in [-0.4, -0.2) is 99.7 Å². The summed E-state index contributed by atoms with van der Waals surface area (Å²) < 4.78 is 28.9. The molecule has 0 bridgehead atoms. The standard InChI is InChI=1S/C35H44N6O7S/c1-24(2)20-39(49(47,48)29-12-10-27(11-13-29)19-37-46)22-31(42)30(18-26-8-6-5-7-9-26)38-34(44)33(25(3)4)41-23-32(43)40(35(41)45)21-28-14-16-36-17-15-28/h5-17,19,24-25,30-31,33,42,46H,18,20-23H2,1-4H3,(H,38,44)/t30-,31+,33-/m0/s1. The molecule has 0 unspecified atom stereocenters. The molecule has 1 aliphatic rings. The van der Waals surface area contributed by atoms with E-state index in [2.05, 4.69) is 15.5 Å². The molecule has 13 nitrogen and oxygen atoms in total. The van der Waals surface area contributed by atoms with E-state index in [4.69, 9.17) is 5.21 Å². The fourth-order valence-corrected chi connectivity index (χ4v) is 7.40. The predicted molar refractivity (Wildman–Crippen MR) is 183 cm³/mol. The van der Waals surface area contributed by atoms with Crippen molar-refractivity contribution in [3.63, 3.8) is 0 Å². The molecule has 1 saturated heterocycles. The van der Waals surface area contributed by atoms with Gasteiger partial charge in [-0.15, -0.1) is 0 Å². The smallest absolute Gasteiger partial charge is 0.328 e. The van der Waals surface area contributed by atoms with Gasteiger partial charge in [-0.2, -0.15) is 4.31 Å².